The van der Waals surface area contributed by atoms with Crippen molar-refractivity contribution in [3.8, 4) is 17.1 Å². The summed E-state index contributed by atoms with van der Waals surface area (Å²) >= 11 is 0. The van der Waals surface area contributed by atoms with Crippen LogP contribution < -0.4 is 4.74 Å². The molecular formula is C15H13N3O3. The molecule has 0 radical (unpaired) electrons. The van der Waals surface area contributed by atoms with E-state index in [9.17, 15) is 4.79 Å². The summed E-state index contributed by atoms with van der Waals surface area (Å²) in [6.45, 7) is -0.147. The van der Waals surface area contributed by atoms with Crippen LogP contribution in [0.3, 0.4) is 0 Å². The van der Waals surface area contributed by atoms with Crippen LogP contribution in [0.4, 0.5) is 0 Å². The number of aromatic nitrogens is 3. The molecular weight excluding hydrogens is 270 g/mol. The summed E-state index contributed by atoms with van der Waals surface area (Å²) in [5.74, 6) is 0.766. The molecule has 0 aliphatic carbocycles. The number of benzene rings is 1. The number of fused-ring (bicyclic) bond motifs is 1. The first-order valence-corrected chi connectivity index (χ1v) is 6.37. The molecule has 3 aromatic rings. The highest BCUT2D eigenvalue weighted by Crippen LogP contribution is 2.28. The molecule has 0 aliphatic heterocycles. The number of nitrogens with zero attached hydrogens (tertiary/aromatic N) is 2. The third kappa shape index (κ3) is 2.69. The number of esters is 1. The zero-order valence-corrected chi connectivity index (χ0v) is 11.4. The largest absolute Gasteiger partial charge is 0.481 e. The molecule has 106 valence electrons. The Hall–Kier alpha value is -2.89. The lowest BCUT2D eigenvalue weighted by Crippen LogP contribution is -2.12. The van der Waals surface area contributed by atoms with Crippen LogP contribution in [-0.4, -0.2) is 34.6 Å². The van der Waals surface area contributed by atoms with Gasteiger partial charge in [0.25, 0.3) is 0 Å². The normalized spacial score (nSPS) is 10.5. The van der Waals surface area contributed by atoms with Crippen molar-refractivity contribution in [1.29, 1.82) is 0 Å². The monoisotopic (exact) mass is 283 g/mol. The Morgan fingerprint density at radius 1 is 1.24 bits per heavy atom. The van der Waals surface area contributed by atoms with Crippen LogP contribution in [0.25, 0.3) is 22.6 Å². The Morgan fingerprint density at radius 2 is 2.10 bits per heavy atom. The molecule has 6 nitrogen and oxygen atoms in total. The fourth-order valence-electron chi connectivity index (χ4n) is 1.96. The van der Waals surface area contributed by atoms with Gasteiger partial charge in [-0.15, -0.1) is 0 Å². The molecule has 3 rings (SSSR count). The molecule has 0 atom stereocenters. The second-order valence-electron chi connectivity index (χ2n) is 4.32. The maximum atomic E-state index is 11.2. The van der Waals surface area contributed by atoms with Gasteiger partial charge in [-0.3, -0.25) is 0 Å². The number of rotatable bonds is 4. The van der Waals surface area contributed by atoms with Crippen LogP contribution in [0, 0.1) is 0 Å². The number of H-pyrrole nitrogens is 1. The van der Waals surface area contributed by atoms with Gasteiger partial charge in [0.05, 0.1) is 18.2 Å². The lowest BCUT2D eigenvalue weighted by Gasteiger charge is -2.08. The van der Waals surface area contributed by atoms with Gasteiger partial charge in [-0.05, 0) is 24.3 Å². The number of ether oxygens (including phenoxy) is 2. The van der Waals surface area contributed by atoms with Gasteiger partial charge in [-0.25, -0.2) is 14.8 Å². The number of aromatic amines is 1. The summed E-state index contributed by atoms with van der Waals surface area (Å²) in [6.07, 6.45) is 1.69. The number of hydrogen-bond donors (Lipinski definition) is 1. The predicted octanol–water partition coefficient (Wildman–Crippen LogP) is 2.18. The van der Waals surface area contributed by atoms with Crippen LogP contribution in [-0.2, 0) is 9.53 Å². The van der Waals surface area contributed by atoms with Gasteiger partial charge in [0.15, 0.2) is 12.3 Å². The van der Waals surface area contributed by atoms with Gasteiger partial charge in [0, 0.05) is 6.20 Å². The van der Waals surface area contributed by atoms with Crippen LogP contribution >= 0.6 is 0 Å². The summed E-state index contributed by atoms with van der Waals surface area (Å²) in [4.78, 5) is 23.0. The van der Waals surface area contributed by atoms with Crippen LogP contribution in [0.5, 0.6) is 5.75 Å². The second kappa shape index (κ2) is 5.62. The van der Waals surface area contributed by atoms with Crippen LogP contribution in [0.1, 0.15) is 0 Å². The Kier molecular flexibility index (Phi) is 3.51. The van der Waals surface area contributed by atoms with E-state index in [1.54, 1.807) is 12.3 Å². The second-order valence-corrected chi connectivity index (χ2v) is 4.32. The van der Waals surface area contributed by atoms with E-state index in [-0.39, 0.29) is 6.61 Å². The van der Waals surface area contributed by atoms with Crippen molar-refractivity contribution < 1.29 is 14.3 Å². The average molecular weight is 283 g/mol. The summed E-state index contributed by atoms with van der Waals surface area (Å²) in [7, 11) is 1.32. The molecule has 0 amide bonds. The minimum absolute atomic E-state index is 0.147. The van der Waals surface area contributed by atoms with Crippen LogP contribution in [0.2, 0.25) is 0 Å². The van der Waals surface area contributed by atoms with E-state index in [1.807, 2.05) is 30.3 Å². The summed E-state index contributed by atoms with van der Waals surface area (Å²) < 4.78 is 10.1. The van der Waals surface area contributed by atoms with E-state index in [4.69, 9.17) is 4.74 Å². The zero-order valence-electron chi connectivity index (χ0n) is 11.4. The molecule has 0 bridgehead atoms. The van der Waals surface area contributed by atoms with Crippen molar-refractivity contribution in [1.82, 2.24) is 15.0 Å². The van der Waals surface area contributed by atoms with Crippen molar-refractivity contribution in [3.05, 3.63) is 42.6 Å². The molecule has 0 saturated heterocycles. The number of imidazole rings is 1. The van der Waals surface area contributed by atoms with Crippen molar-refractivity contribution in [2.75, 3.05) is 13.7 Å². The first-order valence-electron chi connectivity index (χ1n) is 6.37. The quantitative estimate of drug-likeness (QED) is 0.742. The highest BCUT2D eigenvalue weighted by atomic mass is 16.6. The number of hydrogen-bond acceptors (Lipinski definition) is 5. The van der Waals surface area contributed by atoms with Crippen molar-refractivity contribution in [2.24, 2.45) is 0 Å². The van der Waals surface area contributed by atoms with Gasteiger partial charge >= 0.3 is 5.97 Å². The van der Waals surface area contributed by atoms with Gasteiger partial charge in [-0.1, -0.05) is 12.1 Å². The van der Waals surface area contributed by atoms with Gasteiger partial charge in [0.1, 0.15) is 11.6 Å². The maximum absolute atomic E-state index is 11.2. The smallest absolute Gasteiger partial charge is 0.343 e. The molecule has 6 heteroatoms. The molecule has 0 unspecified atom stereocenters. The summed E-state index contributed by atoms with van der Waals surface area (Å²) in [5.41, 5.74) is 2.24. The van der Waals surface area contributed by atoms with Gasteiger partial charge in [-0.2, -0.15) is 0 Å². The Morgan fingerprint density at radius 3 is 2.90 bits per heavy atom. The average Bonchev–Trinajstić information content (AvgIpc) is 2.96. The minimum atomic E-state index is -0.434. The Balaban J connectivity index is 1.96. The van der Waals surface area contributed by atoms with E-state index >= 15 is 0 Å². The molecule has 0 saturated carbocycles. The number of methoxy groups -OCH3 is 1. The van der Waals surface area contributed by atoms with Gasteiger partial charge < -0.3 is 14.5 Å². The number of carbonyl (C=O) groups excluding carboxylic acids is 1. The Labute approximate surface area is 120 Å². The van der Waals surface area contributed by atoms with Gasteiger partial charge in [0.2, 0.25) is 0 Å². The fourth-order valence-corrected chi connectivity index (χ4v) is 1.96. The Bertz CT molecular complexity index is 749. The van der Waals surface area contributed by atoms with Crippen LogP contribution in [0.15, 0.2) is 42.6 Å². The molecule has 2 aromatic heterocycles. The van der Waals surface area contributed by atoms with E-state index in [1.165, 1.54) is 7.11 Å². The van der Waals surface area contributed by atoms with E-state index in [2.05, 4.69) is 19.7 Å². The first-order chi connectivity index (χ1) is 10.3. The zero-order chi connectivity index (χ0) is 14.7. The fraction of sp³-hybridized carbons (Fsp3) is 0.133. The molecule has 1 aromatic carbocycles. The van der Waals surface area contributed by atoms with Crippen molar-refractivity contribution in [2.45, 2.75) is 0 Å². The minimum Gasteiger partial charge on any atom is -0.481 e. The standard InChI is InChI=1S/C15H13N3O3/c1-20-13(19)9-21-12-7-3-2-5-10(12)14-17-11-6-4-8-16-15(11)18-14/h2-8H,9H2,1H3,(H,16,17,18). The van der Waals surface area contributed by atoms with Crippen molar-refractivity contribution >= 4 is 17.1 Å². The third-order valence-electron chi connectivity index (χ3n) is 2.97. The third-order valence-corrected chi connectivity index (χ3v) is 2.97. The summed E-state index contributed by atoms with van der Waals surface area (Å²) in [5, 5.41) is 0. The van der Waals surface area contributed by atoms with E-state index in [0.717, 1.165) is 11.1 Å². The summed E-state index contributed by atoms with van der Waals surface area (Å²) in [6, 6.07) is 11.1. The van der Waals surface area contributed by atoms with Crippen molar-refractivity contribution in [3.63, 3.8) is 0 Å². The maximum Gasteiger partial charge on any atom is 0.343 e. The molecule has 0 fully saturated rings. The number of nitrogens with one attached hydrogen (secondary N) is 1. The number of carbonyl (C=O) groups is 1. The van der Waals surface area contributed by atoms with E-state index < -0.39 is 5.97 Å². The SMILES string of the molecule is COC(=O)COc1ccccc1-c1nc2ncccc2[nH]1. The highest BCUT2D eigenvalue weighted by molar-refractivity contribution is 5.78. The topological polar surface area (TPSA) is 77.1 Å². The molecule has 0 spiro atoms. The number of para-hydroxylation sites is 1. The highest BCUT2D eigenvalue weighted by Gasteiger charge is 2.12. The lowest BCUT2D eigenvalue weighted by atomic mass is 10.2. The molecule has 0 aliphatic rings. The predicted molar refractivity (Wildman–Crippen MR) is 76.8 cm³/mol. The molecule has 21 heavy (non-hydrogen) atoms. The number of pyridine rings is 1. The molecule has 1 N–H and O–H groups in total. The van der Waals surface area contributed by atoms with E-state index in [0.29, 0.717) is 17.2 Å². The lowest BCUT2D eigenvalue weighted by molar-refractivity contribution is -0.142. The first kappa shape index (κ1) is 13.1. The molecule has 2 heterocycles.